The van der Waals surface area contributed by atoms with Crippen LogP contribution in [0.2, 0.25) is 0 Å². The summed E-state index contributed by atoms with van der Waals surface area (Å²) in [6.45, 7) is 1.37. The Balaban J connectivity index is 1.85. The molecular weight excluding hydrogens is 472 g/mol. The second-order valence-corrected chi connectivity index (χ2v) is 9.15. The lowest BCUT2D eigenvalue weighted by Gasteiger charge is -2.25. The molecule has 0 saturated carbocycles. The summed E-state index contributed by atoms with van der Waals surface area (Å²) in [4.78, 5) is 23.4. The van der Waals surface area contributed by atoms with Gasteiger partial charge < -0.3 is 4.74 Å². The van der Waals surface area contributed by atoms with Crippen molar-refractivity contribution in [2.75, 3.05) is 18.0 Å². The van der Waals surface area contributed by atoms with Gasteiger partial charge in [-0.25, -0.2) is 13.8 Å². The second kappa shape index (κ2) is 11.3. The molecule has 0 aliphatic heterocycles. The fourth-order valence-corrected chi connectivity index (χ4v) is 4.83. The van der Waals surface area contributed by atoms with E-state index in [1.165, 1.54) is 43.7 Å². The quantitative estimate of drug-likeness (QED) is 0.260. The van der Waals surface area contributed by atoms with E-state index in [0.29, 0.717) is 17.7 Å². The van der Waals surface area contributed by atoms with E-state index < -0.39 is 27.4 Å². The lowest BCUT2D eigenvalue weighted by molar-refractivity contribution is -0.385. The Bertz CT molecular complexity index is 1340. The molecule has 35 heavy (non-hydrogen) atoms. The maximum atomic E-state index is 13.4. The molecule has 0 atom stereocenters. The fourth-order valence-electron chi connectivity index (χ4n) is 3.35. The SMILES string of the molecule is CCc1ccccc1N(CC(=O)N/N=C\c1ccc(OC)c([N+](=O)[O-])c1)S(=O)(=O)c1ccccc1. The Hall–Kier alpha value is -4.25. The van der Waals surface area contributed by atoms with Crippen LogP contribution >= 0.6 is 0 Å². The zero-order chi connectivity index (χ0) is 25.4. The monoisotopic (exact) mass is 496 g/mol. The van der Waals surface area contributed by atoms with E-state index in [4.69, 9.17) is 4.74 Å². The normalized spacial score (nSPS) is 11.3. The molecule has 0 aliphatic carbocycles. The van der Waals surface area contributed by atoms with Gasteiger partial charge in [0.1, 0.15) is 6.54 Å². The van der Waals surface area contributed by atoms with Crippen LogP contribution in [0.15, 0.2) is 82.8 Å². The number of carbonyl (C=O) groups excluding carboxylic acids is 1. The van der Waals surface area contributed by atoms with Crippen LogP contribution in [0.25, 0.3) is 0 Å². The second-order valence-electron chi connectivity index (χ2n) is 7.29. The molecule has 3 rings (SSSR count). The van der Waals surface area contributed by atoms with E-state index in [0.717, 1.165) is 9.87 Å². The van der Waals surface area contributed by atoms with Crippen molar-refractivity contribution >= 4 is 33.5 Å². The van der Waals surface area contributed by atoms with Gasteiger partial charge in [0.05, 0.1) is 28.8 Å². The molecule has 0 aromatic heterocycles. The highest BCUT2D eigenvalue weighted by atomic mass is 32.2. The first-order chi connectivity index (χ1) is 16.8. The van der Waals surface area contributed by atoms with Crippen molar-refractivity contribution in [3.8, 4) is 5.75 Å². The predicted octanol–water partition coefficient (Wildman–Crippen LogP) is 3.51. The molecule has 10 nitrogen and oxygen atoms in total. The van der Waals surface area contributed by atoms with Gasteiger partial charge in [0.25, 0.3) is 15.9 Å². The third-order valence-electron chi connectivity index (χ3n) is 5.06. The van der Waals surface area contributed by atoms with Crippen LogP contribution in [0.4, 0.5) is 11.4 Å². The summed E-state index contributed by atoms with van der Waals surface area (Å²) in [6.07, 6.45) is 1.79. The zero-order valence-corrected chi connectivity index (χ0v) is 19.9. The smallest absolute Gasteiger partial charge is 0.311 e. The van der Waals surface area contributed by atoms with Gasteiger partial charge in [-0.05, 0) is 42.3 Å². The minimum Gasteiger partial charge on any atom is -0.490 e. The van der Waals surface area contributed by atoms with Gasteiger partial charge in [-0.3, -0.25) is 19.2 Å². The van der Waals surface area contributed by atoms with Crippen LogP contribution in [0.3, 0.4) is 0 Å². The number of sulfonamides is 1. The van der Waals surface area contributed by atoms with Gasteiger partial charge in [0.2, 0.25) is 0 Å². The molecule has 0 aliphatic rings. The molecule has 0 fully saturated rings. The van der Waals surface area contributed by atoms with E-state index in [1.807, 2.05) is 6.92 Å². The summed E-state index contributed by atoms with van der Waals surface area (Å²) >= 11 is 0. The number of carbonyl (C=O) groups is 1. The number of nitro groups is 1. The van der Waals surface area contributed by atoms with Crippen LogP contribution in [-0.2, 0) is 21.2 Å². The summed E-state index contributed by atoms with van der Waals surface area (Å²) in [5.41, 5.74) is 3.54. The number of para-hydroxylation sites is 1. The highest BCUT2D eigenvalue weighted by Gasteiger charge is 2.28. The lowest BCUT2D eigenvalue weighted by Crippen LogP contribution is -2.40. The molecule has 182 valence electrons. The van der Waals surface area contributed by atoms with Gasteiger partial charge in [-0.2, -0.15) is 5.10 Å². The zero-order valence-electron chi connectivity index (χ0n) is 19.1. The Morgan fingerprint density at radius 1 is 1.11 bits per heavy atom. The van der Waals surface area contributed by atoms with Gasteiger partial charge in [0.15, 0.2) is 5.75 Å². The first-order valence-electron chi connectivity index (χ1n) is 10.6. The molecule has 0 bridgehead atoms. The molecular formula is C24H24N4O6S. The fraction of sp³-hybridized carbons (Fsp3) is 0.167. The topological polar surface area (TPSA) is 131 Å². The van der Waals surface area contributed by atoms with Crippen molar-refractivity contribution in [2.24, 2.45) is 5.10 Å². The van der Waals surface area contributed by atoms with E-state index in [2.05, 4.69) is 10.5 Å². The lowest BCUT2D eigenvalue weighted by atomic mass is 10.1. The van der Waals surface area contributed by atoms with Crippen LogP contribution in [-0.4, -0.2) is 39.1 Å². The minimum atomic E-state index is -4.05. The first kappa shape index (κ1) is 25.4. The summed E-state index contributed by atoms with van der Waals surface area (Å²) in [6, 6.07) is 19.0. The van der Waals surface area contributed by atoms with Gasteiger partial charge in [-0.1, -0.05) is 43.3 Å². The highest BCUT2D eigenvalue weighted by Crippen LogP contribution is 2.28. The van der Waals surface area contributed by atoms with Crippen molar-refractivity contribution in [1.82, 2.24) is 5.43 Å². The molecule has 1 amide bonds. The number of ether oxygens (including phenoxy) is 1. The number of nitro benzene ring substituents is 1. The molecule has 3 aromatic rings. The minimum absolute atomic E-state index is 0.0488. The molecule has 3 aromatic carbocycles. The van der Waals surface area contributed by atoms with E-state index in [1.54, 1.807) is 42.5 Å². The third kappa shape index (κ3) is 6.01. The summed E-state index contributed by atoms with van der Waals surface area (Å²) in [5, 5.41) is 15.0. The van der Waals surface area contributed by atoms with Crippen LogP contribution < -0.4 is 14.5 Å². The molecule has 11 heteroatoms. The number of amides is 1. The molecule has 0 heterocycles. The van der Waals surface area contributed by atoms with Gasteiger partial charge in [-0.15, -0.1) is 0 Å². The predicted molar refractivity (Wildman–Crippen MR) is 132 cm³/mol. The van der Waals surface area contributed by atoms with Crippen LogP contribution in [0, 0.1) is 10.1 Å². The number of nitrogens with zero attached hydrogens (tertiary/aromatic N) is 3. The standard InChI is InChI=1S/C24H24N4O6S/c1-3-19-9-7-8-12-21(19)27(35(32,33)20-10-5-4-6-11-20)17-24(29)26-25-16-18-13-14-23(34-2)22(15-18)28(30)31/h4-16H,3,17H2,1-2H3,(H,26,29)/b25-16-. The number of methoxy groups -OCH3 is 1. The van der Waals surface area contributed by atoms with E-state index in [-0.39, 0.29) is 16.3 Å². The molecule has 0 spiro atoms. The number of rotatable bonds is 10. The number of hydrogen-bond acceptors (Lipinski definition) is 7. The molecule has 1 N–H and O–H groups in total. The average molecular weight is 497 g/mol. The molecule has 0 unspecified atom stereocenters. The van der Waals surface area contributed by atoms with Gasteiger partial charge in [0, 0.05) is 11.6 Å². The summed E-state index contributed by atoms with van der Waals surface area (Å²) < 4.78 is 32.9. The maximum Gasteiger partial charge on any atom is 0.311 e. The maximum absolute atomic E-state index is 13.4. The number of nitrogens with one attached hydrogen (secondary N) is 1. The number of hydrazone groups is 1. The number of benzene rings is 3. The van der Waals surface area contributed by atoms with Crippen molar-refractivity contribution in [2.45, 2.75) is 18.2 Å². The number of hydrogen-bond donors (Lipinski definition) is 1. The van der Waals surface area contributed by atoms with Crippen LogP contribution in [0.5, 0.6) is 5.75 Å². The van der Waals surface area contributed by atoms with Crippen molar-refractivity contribution in [3.05, 3.63) is 94.0 Å². The Labute approximate surface area is 203 Å². The Morgan fingerprint density at radius 2 is 1.80 bits per heavy atom. The van der Waals surface area contributed by atoms with Crippen molar-refractivity contribution in [3.63, 3.8) is 0 Å². The van der Waals surface area contributed by atoms with E-state index in [9.17, 15) is 23.3 Å². The largest absolute Gasteiger partial charge is 0.490 e. The van der Waals surface area contributed by atoms with Gasteiger partial charge >= 0.3 is 5.69 Å². The Morgan fingerprint density at radius 3 is 2.46 bits per heavy atom. The number of anilines is 1. The molecule has 0 radical (unpaired) electrons. The summed E-state index contributed by atoms with van der Waals surface area (Å²) in [5.74, 6) is -0.595. The number of aryl methyl sites for hydroxylation is 1. The first-order valence-corrected chi connectivity index (χ1v) is 12.0. The Kier molecular flexibility index (Phi) is 8.16. The van der Waals surface area contributed by atoms with Crippen molar-refractivity contribution < 1.29 is 22.9 Å². The third-order valence-corrected chi connectivity index (χ3v) is 6.84. The van der Waals surface area contributed by atoms with E-state index >= 15 is 0 Å². The highest BCUT2D eigenvalue weighted by molar-refractivity contribution is 7.92. The molecule has 0 saturated heterocycles. The average Bonchev–Trinajstić information content (AvgIpc) is 2.87. The summed E-state index contributed by atoms with van der Waals surface area (Å²) in [7, 11) is -2.73. The van der Waals surface area contributed by atoms with Crippen molar-refractivity contribution in [1.29, 1.82) is 0 Å². The van der Waals surface area contributed by atoms with Crippen LogP contribution in [0.1, 0.15) is 18.1 Å².